The van der Waals surface area contributed by atoms with E-state index in [4.69, 9.17) is 0 Å². The van der Waals surface area contributed by atoms with Crippen LogP contribution in [0.25, 0.3) is 0 Å². The second-order valence-corrected chi connectivity index (χ2v) is 2.05. The standard InChI is InChI=1S/C6H16N2/c1-2-8-6-4-3-5-7/h8H,2-7H2,1H3/p+2. The van der Waals surface area contributed by atoms with Crippen molar-refractivity contribution in [3.8, 4) is 0 Å². The summed E-state index contributed by atoms with van der Waals surface area (Å²) < 4.78 is 0. The lowest BCUT2D eigenvalue weighted by Gasteiger charge is -1.93. The van der Waals surface area contributed by atoms with E-state index >= 15 is 0 Å². The van der Waals surface area contributed by atoms with E-state index in [1.54, 1.807) is 0 Å². The van der Waals surface area contributed by atoms with Gasteiger partial charge in [-0.05, 0) is 6.92 Å². The van der Waals surface area contributed by atoms with Crippen LogP contribution in [0.5, 0.6) is 0 Å². The first-order valence-electron chi connectivity index (χ1n) is 3.52. The fourth-order valence-corrected chi connectivity index (χ4v) is 0.670. The Kier molecular flexibility index (Phi) is 6.85. The highest BCUT2D eigenvalue weighted by Crippen LogP contribution is 1.75. The van der Waals surface area contributed by atoms with Crippen molar-refractivity contribution < 1.29 is 11.1 Å². The molecule has 8 heavy (non-hydrogen) atoms. The van der Waals surface area contributed by atoms with Crippen LogP contribution in [-0.2, 0) is 0 Å². The molecule has 0 atom stereocenters. The molecule has 5 N–H and O–H groups in total. The number of quaternary nitrogens is 2. The summed E-state index contributed by atoms with van der Waals surface area (Å²) in [7, 11) is 0. The van der Waals surface area contributed by atoms with E-state index in [0.717, 1.165) is 6.54 Å². The first kappa shape index (κ1) is 7.92. The monoisotopic (exact) mass is 118 g/mol. The molecule has 0 aliphatic heterocycles. The van der Waals surface area contributed by atoms with Crippen LogP contribution < -0.4 is 11.1 Å². The molecule has 0 heterocycles. The SMILES string of the molecule is CC[NH2+]CCCC[NH3+]. The average molecular weight is 118 g/mol. The Morgan fingerprint density at radius 1 is 1.38 bits per heavy atom. The largest absolute Gasteiger partial charge is 0.358 e. The minimum Gasteiger partial charge on any atom is -0.358 e. The Labute approximate surface area is 51.5 Å². The Hall–Kier alpha value is -0.0800. The van der Waals surface area contributed by atoms with Crippen molar-refractivity contribution in [1.29, 1.82) is 0 Å². The predicted molar refractivity (Wildman–Crippen MR) is 34.3 cm³/mol. The van der Waals surface area contributed by atoms with Gasteiger partial charge < -0.3 is 11.1 Å². The number of nitrogens with two attached hydrogens (primary N) is 1. The second-order valence-electron chi connectivity index (χ2n) is 2.05. The van der Waals surface area contributed by atoms with E-state index in [-0.39, 0.29) is 0 Å². The topological polar surface area (TPSA) is 44.2 Å². The maximum absolute atomic E-state index is 3.77. The molecule has 0 aliphatic carbocycles. The number of unbranched alkanes of at least 4 members (excludes halogenated alkanes) is 1. The van der Waals surface area contributed by atoms with Crippen LogP contribution in [0.4, 0.5) is 0 Å². The summed E-state index contributed by atoms with van der Waals surface area (Å²) in [5.41, 5.74) is 3.77. The lowest BCUT2D eigenvalue weighted by Crippen LogP contribution is -2.83. The van der Waals surface area contributed by atoms with Crippen molar-refractivity contribution in [2.45, 2.75) is 19.8 Å². The van der Waals surface area contributed by atoms with E-state index in [1.165, 1.54) is 25.9 Å². The molecule has 0 radical (unpaired) electrons. The van der Waals surface area contributed by atoms with Crippen molar-refractivity contribution in [2.75, 3.05) is 19.6 Å². The van der Waals surface area contributed by atoms with Crippen LogP contribution >= 0.6 is 0 Å². The minimum atomic E-state index is 1.09. The number of rotatable bonds is 5. The van der Waals surface area contributed by atoms with E-state index in [9.17, 15) is 0 Å². The first-order chi connectivity index (χ1) is 3.91. The zero-order chi connectivity index (χ0) is 6.24. The summed E-state index contributed by atoms with van der Waals surface area (Å²) in [6.07, 6.45) is 2.62. The van der Waals surface area contributed by atoms with E-state index < -0.39 is 0 Å². The molecule has 0 spiro atoms. The maximum atomic E-state index is 3.77. The van der Waals surface area contributed by atoms with Crippen molar-refractivity contribution in [2.24, 2.45) is 0 Å². The number of hydrogen-bond donors (Lipinski definition) is 2. The molecule has 0 bridgehead atoms. The molecule has 0 aromatic carbocycles. The van der Waals surface area contributed by atoms with Gasteiger partial charge in [0.1, 0.15) is 0 Å². The number of hydrogen-bond acceptors (Lipinski definition) is 0. The van der Waals surface area contributed by atoms with E-state index in [1.807, 2.05) is 0 Å². The van der Waals surface area contributed by atoms with Crippen LogP contribution in [0, 0.1) is 0 Å². The molecule has 0 unspecified atom stereocenters. The summed E-state index contributed by atoms with van der Waals surface area (Å²) in [6.45, 7) is 5.78. The highest BCUT2D eigenvalue weighted by atomic mass is 14.8. The summed E-state index contributed by atoms with van der Waals surface area (Å²) in [6, 6.07) is 0. The van der Waals surface area contributed by atoms with Crippen molar-refractivity contribution in [3.05, 3.63) is 0 Å². The van der Waals surface area contributed by atoms with Crippen LogP contribution in [0.1, 0.15) is 19.8 Å². The first-order valence-corrected chi connectivity index (χ1v) is 3.52. The molecule has 0 amide bonds. The van der Waals surface area contributed by atoms with Gasteiger partial charge in [-0.25, -0.2) is 0 Å². The highest BCUT2D eigenvalue weighted by Gasteiger charge is 1.86. The van der Waals surface area contributed by atoms with Gasteiger partial charge >= 0.3 is 0 Å². The molecule has 0 aliphatic rings. The Balaban J connectivity index is 2.53. The summed E-state index contributed by atoms with van der Waals surface area (Å²) in [5, 5.41) is 2.33. The molecule has 0 aromatic heterocycles. The van der Waals surface area contributed by atoms with Crippen molar-refractivity contribution in [1.82, 2.24) is 0 Å². The smallest absolute Gasteiger partial charge is 0.0757 e. The molecular formula is C6H18N2+2. The van der Waals surface area contributed by atoms with E-state index in [0.29, 0.717) is 0 Å². The molecule has 2 heteroatoms. The fourth-order valence-electron chi connectivity index (χ4n) is 0.670. The minimum absolute atomic E-state index is 1.09. The summed E-state index contributed by atoms with van der Waals surface area (Å²) in [5.74, 6) is 0. The fraction of sp³-hybridized carbons (Fsp3) is 1.00. The van der Waals surface area contributed by atoms with Gasteiger partial charge in [-0.3, -0.25) is 0 Å². The molecule has 0 aromatic rings. The van der Waals surface area contributed by atoms with Crippen molar-refractivity contribution >= 4 is 0 Å². The lowest BCUT2D eigenvalue weighted by atomic mass is 10.3. The van der Waals surface area contributed by atoms with Crippen LogP contribution in [0.2, 0.25) is 0 Å². The third-order valence-electron chi connectivity index (χ3n) is 1.20. The lowest BCUT2D eigenvalue weighted by molar-refractivity contribution is -0.652. The third-order valence-corrected chi connectivity index (χ3v) is 1.20. The van der Waals surface area contributed by atoms with Gasteiger partial charge in [0, 0.05) is 12.8 Å². The Morgan fingerprint density at radius 3 is 2.62 bits per heavy atom. The van der Waals surface area contributed by atoms with Gasteiger partial charge in [0.25, 0.3) is 0 Å². The van der Waals surface area contributed by atoms with Crippen LogP contribution in [-0.4, -0.2) is 19.6 Å². The zero-order valence-electron chi connectivity index (χ0n) is 5.82. The zero-order valence-corrected chi connectivity index (χ0v) is 5.82. The summed E-state index contributed by atoms with van der Waals surface area (Å²) in [4.78, 5) is 0. The van der Waals surface area contributed by atoms with Gasteiger partial charge in [0.05, 0.1) is 19.6 Å². The average Bonchev–Trinajstić information content (AvgIpc) is 1.81. The maximum Gasteiger partial charge on any atom is 0.0757 e. The molecular weight excluding hydrogens is 100 g/mol. The van der Waals surface area contributed by atoms with Gasteiger partial charge in [-0.2, -0.15) is 0 Å². The van der Waals surface area contributed by atoms with Crippen LogP contribution in [0.15, 0.2) is 0 Å². The van der Waals surface area contributed by atoms with Crippen molar-refractivity contribution in [3.63, 3.8) is 0 Å². The van der Waals surface area contributed by atoms with E-state index in [2.05, 4.69) is 18.0 Å². The third kappa shape index (κ3) is 5.92. The highest BCUT2D eigenvalue weighted by molar-refractivity contribution is 4.29. The molecule has 0 rings (SSSR count). The molecule has 0 saturated heterocycles. The predicted octanol–water partition coefficient (Wildman–Crippen LogP) is -1.41. The Morgan fingerprint density at radius 2 is 2.12 bits per heavy atom. The molecule has 2 nitrogen and oxygen atoms in total. The van der Waals surface area contributed by atoms with Gasteiger partial charge in [0.2, 0.25) is 0 Å². The quantitative estimate of drug-likeness (QED) is 0.417. The normalized spacial score (nSPS) is 9.75. The summed E-state index contributed by atoms with van der Waals surface area (Å²) >= 11 is 0. The molecule has 0 saturated carbocycles. The van der Waals surface area contributed by atoms with Gasteiger partial charge in [-0.15, -0.1) is 0 Å². The van der Waals surface area contributed by atoms with Crippen LogP contribution in [0.3, 0.4) is 0 Å². The second kappa shape index (κ2) is 6.92. The van der Waals surface area contributed by atoms with Gasteiger partial charge in [0.15, 0.2) is 0 Å². The molecule has 50 valence electrons. The Bertz CT molecular complexity index is 31.5. The molecule has 0 fully saturated rings. The van der Waals surface area contributed by atoms with Gasteiger partial charge in [-0.1, -0.05) is 0 Å².